The third-order valence-electron chi connectivity index (χ3n) is 3.10. The number of rotatable bonds is 5. The molecule has 0 radical (unpaired) electrons. The minimum absolute atomic E-state index is 0.114. The van der Waals surface area contributed by atoms with Crippen LogP contribution in [0.5, 0.6) is 0 Å². The molecule has 1 amide bonds. The van der Waals surface area contributed by atoms with Crippen LogP contribution in [-0.4, -0.2) is 31.4 Å². The van der Waals surface area contributed by atoms with Crippen molar-refractivity contribution in [3.05, 3.63) is 35.4 Å². The van der Waals surface area contributed by atoms with Crippen molar-refractivity contribution in [1.82, 2.24) is 10.2 Å². The number of amides is 1. The van der Waals surface area contributed by atoms with Crippen molar-refractivity contribution in [2.75, 3.05) is 20.6 Å². The highest BCUT2D eigenvalue weighted by molar-refractivity contribution is 5.77. The molecule has 1 aromatic rings. The summed E-state index contributed by atoms with van der Waals surface area (Å²) in [6.45, 7) is 1.17. The minimum Gasteiger partial charge on any atom is -0.348 e. The second-order valence-electron chi connectivity index (χ2n) is 4.91. The maximum Gasteiger partial charge on any atom is 0.236 e. The Kier molecular flexibility index (Phi) is 3.79. The van der Waals surface area contributed by atoms with Gasteiger partial charge in [-0.3, -0.25) is 4.79 Å². The zero-order valence-electron chi connectivity index (χ0n) is 10.6. The van der Waals surface area contributed by atoms with Gasteiger partial charge in [0.1, 0.15) is 0 Å². The first-order valence-electron chi connectivity index (χ1n) is 6.16. The summed E-state index contributed by atoms with van der Waals surface area (Å²) in [6, 6.07) is 8.67. The van der Waals surface area contributed by atoms with E-state index in [0.29, 0.717) is 6.54 Å². The number of likely N-dealkylation sites (N-methyl/N-ethyl adjacent to an activating group) is 1. The highest BCUT2D eigenvalue weighted by Crippen LogP contribution is 2.40. The first-order chi connectivity index (χ1) is 8.16. The summed E-state index contributed by atoms with van der Waals surface area (Å²) in [5.41, 5.74) is 2.71. The zero-order valence-corrected chi connectivity index (χ0v) is 10.6. The summed E-state index contributed by atoms with van der Waals surface area (Å²) in [5.74, 6) is 0.904. The Balaban J connectivity index is 1.82. The number of carbonyl (C=O) groups is 1. The SMILES string of the molecule is CN(C)C(=O)CNCc1cccc(C2CC2)c1. The number of nitrogens with one attached hydrogen (secondary N) is 1. The van der Waals surface area contributed by atoms with E-state index in [1.54, 1.807) is 19.0 Å². The summed E-state index contributed by atoms with van der Waals surface area (Å²) in [6.07, 6.45) is 2.66. The van der Waals surface area contributed by atoms with Crippen LogP contribution in [0.3, 0.4) is 0 Å². The molecule has 1 aromatic carbocycles. The number of carbonyl (C=O) groups excluding carboxylic acids is 1. The van der Waals surface area contributed by atoms with Crippen LogP contribution < -0.4 is 5.32 Å². The number of hydrogen-bond donors (Lipinski definition) is 1. The highest BCUT2D eigenvalue weighted by Gasteiger charge is 2.23. The van der Waals surface area contributed by atoms with E-state index < -0.39 is 0 Å². The normalized spacial score (nSPS) is 14.7. The fourth-order valence-corrected chi connectivity index (χ4v) is 1.85. The average molecular weight is 232 g/mol. The molecule has 1 aliphatic carbocycles. The van der Waals surface area contributed by atoms with Crippen LogP contribution in [-0.2, 0) is 11.3 Å². The standard InChI is InChI=1S/C14H20N2O/c1-16(2)14(17)10-15-9-11-4-3-5-13(8-11)12-6-7-12/h3-5,8,12,15H,6-7,9-10H2,1-2H3. The van der Waals surface area contributed by atoms with Gasteiger partial charge in [0.05, 0.1) is 6.54 Å². The molecular formula is C14H20N2O. The van der Waals surface area contributed by atoms with E-state index >= 15 is 0 Å². The summed E-state index contributed by atoms with van der Waals surface area (Å²) < 4.78 is 0. The van der Waals surface area contributed by atoms with Crippen molar-refractivity contribution in [3.63, 3.8) is 0 Å². The Morgan fingerprint density at radius 3 is 2.82 bits per heavy atom. The van der Waals surface area contributed by atoms with E-state index in [2.05, 4.69) is 29.6 Å². The Bertz CT molecular complexity index is 397. The van der Waals surface area contributed by atoms with Gasteiger partial charge in [0.15, 0.2) is 0 Å². The number of benzene rings is 1. The molecule has 2 rings (SSSR count). The van der Waals surface area contributed by atoms with Crippen LogP contribution in [0.1, 0.15) is 29.9 Å². The van der Waals surface area contributed by atoms with Gasteiger partial charge in [0.2, 0.25) is 5.91 Å². The first kappa shape index (κ1) is 12.1. The predicted molar refractivity (Wildman–Crippen MR) is 68.8 cm³/mol. The van der Waals surface area contributed by atoms with Gasteiger partial charge in [-0.2, -0.15) is 0 Å². The lowest BCUT2D eigenvalue weighted by molar-refractivity contribution is -0.127. The first-order valence-corrected chi connectivity index (χ1v) is 6.16. The monoisotopic (exact) mass is 232 g/mol. The molecule has 0 aromatic heterocycles. The largest absolute Gasteiger partial charge is 0.348 e. The molecule has 1 fully saturated rings. The van der Waals surface area contributed by atoms with Gasteiger partial charge in [-0.15, -0.1) is 0 Å². The maximum atomic E-state index is 11.4. The molecule has 1 N–H and O–H groups in total. The summed E-state index contributed by atoms with van der Waals surface area (Å²) in [4.78, 5) is 13.0. The van der Waals surface area contributed by atoms with Crippen molar-refractivity contribution >= 4 is 5.91 Å². The molecule has 0 unspecified atom stereocenters. The lowest BCUT2D eigenvalue weighted by Crippen LogP contribution is -2.32. The third kappa shape index (κ3) is 3.56. The van der Waals surface area contributed by atoms with Gasteiger partial charge in [0.25, 0.3) is 0 Å². The lowest BCUT2D eigenvalue weighted by atomic mass is 10.1. The maximum absolute atomic E-state index is 11.4. The predicted octanol–water partition coefficient (Wildman–Crippen LogP) is 1.74. The Labute approximate surface area is 103 Å². The zero-order chi connectivity index (χ0) is 12.3. The van der Waals surface area contributed by atoms with E-state index in [0.717, 1.165) is 12.5 Å². The molecule has 3 heteroatoms. The Hall–Kier alpha value is -1.35. The van der Waals surface area contributed by atoms with Gasteiger partial charge in [-0.25, -0.2) is 0 Å². The molecule has 1 aliphatic rings. The van der Waals surface area contributed by atoms with Crippen molar-refractivity contribution in [2.24, 2.45) is 0 Å². The molecule has 3 nitrogen and oxygen atoms in total. The van der Waals surface area contributed by atoms with Gasteiger partial charge >= 0.3 is 0 Å². The van der Waals surface area contributed by atoms with E-state index in [1.807, 2.05) is 0 Å². The average Bonchev–Trinajstić information content (AvgIpc) is 3.13. The van der Waals surface area contributed by atoms with Gasteiger partial charge in [0, 0.05) is 20.6 Å². The molecule has 0 heterocycles. The van der Waals surface area contributed by atoms with Crippen molar-refractivity contribution in [1.29, 1.82) is 0 Å². The highest BCUT2D eigenvalue weighted by atomic mass is 16.2. The van der Waals surface area contributed by atoms with Crippen LogP contribution in [0.25, 0.3) is 0 Å². The molecule has 17 heavy (non-hydrogen) atoms. The van der Waals surface area contributed by atoms with E-state index in [-0.39, 0.29) is 5.91 Å². The Morgan fingerprint density at radius 2 is 2.18 bits per heavy atom. The van der Waals surface area contributed by atoms with Crippen LogP contribution in [0.2, 0.25) is 0 Å². The Morgan fingerprint density at radius 1 is 1.41 bits per heavy atom. The summed E-state index contributed by atoms with van der Waals surface area (Å²) in [7, 11) is 3.55. The quantitative estimate of drug-likeness (QED) is 0.838. The topological polar surface area (TPSA) is 32.3 Å². The lowest BCUT2D eigenvalue weighted by Gasteiger charge is -2.11. The molecule has 0 spiro atoms. The van der Waals surface area contributed by atoms with E-state index in [4.69, 9.17) is 0 Å². The van der Waals surface area contributed by atoms with E-state index in [9.17, 15) is 4.79 Å². The molecule has 92 valence electrons. The van der Waals surface area contributed by atoms with Crippen molar-refractivity contribution in [3.8, 4) is 0 Å². The smallest absolute Gasteiger partial charge is 0.236 e. The summed E-state index contributed by atoms with van der Waals surface area (Å²) in [5, 5.41) is 3.18. The second-order valence-corrected chi connectivity index (χ2v) is 4.91. The van der Waals surface area contributed by atoms with Gasteiger partial charge in [-0.1, -0.05) is 24.3 Å². The minimum atomic E-state index is 0.114. The number of hydrogen-bond acceptors (Lipinski definition) is 2. The van der Waals surface area contributed by atoms with Gasteiger partial charge < -0.3 is 10.2 Å². The second kappa shape index (κ2) is 5.32. The molecule has 1 saturated carbocycles. The number of nitrogens with zero attached hydrogens (tertiary/aromatic N) is 1. The summed E-state index contributed by atoms with van der Waals surface area (Å²) >= 11 is 0. The van der Waals surface area contributed by atoms with Crippen LogP contribution in [0, 0.1) is 0 Å². The van der Waals surface area contributed by atoms with Crippen molar-refractivity contribution < 1.29 is 4.79 Å². The molecular weight excluding hydrogens is 212 g/mol. The molecule has 0 atom stereocenters. The third-order valence-corrected chi connectivity index (χ3v) is 3.10. The fourth-order valence-electron chi connectivity index (χ4n) is 1.85. The van der Waals surface area contributed by atoms with Crippen molar-refractivity contribution in [2.45, 2.75) is 25.3 Å². The molecule has 0 saturated heterocycles. The van der Waals surface area contributed by atoms with Crippen LogP contribution >= 0.6 is 0 Å². The van der Waals surface area contributed by atoms with Gasteiger partial charge in [-0.05, 0) is 29.9 Å². The molecule has 0 bridgehead atoms. The van der Waals surface area contributed by atoms with Crippen LogP contribution in [0.15, 0.2) is 24.3 Å². The van der Waals surface area contributed by atoms with Crippen LogP contribution in [0.4, 0.5) is 0 Å². The fraction of sp³-hybridized carbons (Fsp3) is 0.500. The molecule has 0 aliphatic heterocycles. The van der Waals surface area contributed by atoms with E-state index in [1.165, 1.54) is 24.0 Å².